The van der Waals surface area contributed by atoms with Gasteiger partial charge in [-0.2, -0.15) is 5.26 Å². The first kappa shape index (κ1) is 28.0. The Morgan fingerprint density at radius 2 is 1.75 bits per heavy atom. The van der Waals surface area contributed by atoms with Crippen LogP contribution in [0.4, 0.5) is 0 Å². The van der Waals surface area contributed by atoms with Gasteiger partial charge >= 0.3 is 11.9 Å². The van der Waals surface area contributed by atoms with E-state index in [0.29, 0.717) is 22.4 Å². The maximum atomic E-state index is 13.2. The van der Waals surface area contributed by atoms with Crippen LogP contribution in [0.3, 0.4) is 0 Å². The molecule has 8 nitrogen and oxygen atoms in total. The van der Waals surface area contributed by atoms with Gasteiger partial charge in [0.05, 0.1) is 23.8 Å². The summed E-state index contributed by atoms with van der Waals surface area (Å²) in [6.45, 7) is 1.50. The molecule has 0 amide bonds. The van der Waals surface area contributed by atoms with Crippen molar-refractivity contribution in [2.24, 2.45) is 0 Å². The maximum Gasteiger partial charge on any atom is 0.343 e. The van der Waals surface area contributed by atoms with Crippen molar-refractivity contribution in [3.63, 3.8) is 0 Å². The highest BCUT2D eigenvalue weighted by Crippen LogP contribution is 2.29. The molecule has 0 saturated carbocycles. The molecule has 202 valence electrons. The molecule has 1 atom stereocenters. The normalized spacial score (nSPS) is 11.3. The molecule has 4 rings (SSSR count). The monoisotopic (exact) mass is 536 g/mol. The zero-order valence-corrected chi connectivity index (χ0v) is 21.8. The number of nitrogens with one attached hydrogen (secondary N) is 1. The molecule has 0 spiro atoms. The van der Waals surface area contributed by atoms with E-state index < -0.39 is 24.6 Å². The van der Waals surface area contributed by atoms with Crippen molar-refractivity contribution in [2.45, 2.75) is 26.1 Å². The number of carboxylic acids is 1. The van der Waals surface area contributed by atoms with E-state index in [9.17, 15) is 25.1 Å². The molecule has 0 aliphatic heterocycles. The van der Waals surface area contributed by atoms with Gasteiger partial charge < -0.3 is 19.7 Å². The third kappa shape index (κ3) is 6.91. The molecule has 0 unspecified atom stereocenters. The number of ether oxygens (including phenoxy) is 2. The van der Waals surface area contributed by atoms with Crippen molar-refractivity contribution in [3.8, 4) is 28.7 Å². The molecule has 4 aromatic rings. The van der Waals surface area contributed by atoms with Crippen LogP contribution in [0, 0.1) is 18.3 Å². The van der Waals surface area contributed by atoms with Crippen molar-refractivity contribution in [1.29, 1.82) is 5.26 Å². The van der Waals surface area contributed by atoms with Crippen LogP contribution in [0.5, 0.6) is 11.5 Å². The van der Waals surface area contributed by atoms with E-state index in [4.69, 9.17) is 9.47 Å². The van der Waals surface area contributed by atoms with Crippen molar-refractivity contribution in [3.05, 3.63) is 119 Å². The quantitative estimate of drug-likeness (QED) is 0.183. The molecular weight excluding hydrogens is 508 g/mol. The highest BCUT2D eigenvalue weighted by molar-refractivity contribution is 5.94. The summed E-state index contributed by atoms with van der Waals surface area (Å²) in [5.41, 5.74) is 4.98. The number of nitrogens with zero attached hydrogens (tertiary/aromatic N) is 1. The lowest BCUT2D eigenvalue weighted by atomic mass is 9.96. The Balaban J connectivity index is 1.58. The second kappa shape index (κ2) is 13.2. The van der Waals surface area contributed by atoms with Gasteiger partial charge in [0.2, 0.25) is 0 Å². The van der Waals surface area contributed by atoms with Gasteiger partial charge in [0, 0.05) is 18.2 Å². The fourth-order valence-corrected chi connectivity index (χ4v) is 4.18. The number of carbonyl (C=O) groups is 2. The molecule has 0 aliphatic carbocycles. The van der Waals surface area contributed by atoms with Crippen molar-refractivity contribution in [2.75, 3.05) is 6.61 Å². The minimum absolute atomic E-state index is 0.0809. The van der Waals surface area contributed by atoms with E-state index >= 15 is 0 Å². The minimum atomic E-state index is -1.18. The van der Waals surface area contributed by atoms with E-state index in [0.717, 1.165) is 22.3 Å². The van der Waals surface area contributed by atoms with Gasteiger partial charge in [-0.1, -0.05) is 60.7 Å². The van der Waals surface area contributed by atoms with Gasteiger partial charge in [-0.3, -0.25) is 10.1 Å². The Labute approximate surface area is 232 Å². The second-order valence-electron chi connectivity index (χ2n) is 9.06. The van der Waals surface area contributed by atoms with Gasteiger partial charge in [-0.25, -0.2) is 4.79 Å². The predicted octanol–water partition coefficient (Wildman–Crippen LogP) is 4.87. The predicted molar refractivity (Wildman–Crippen MR) is 149 cm³/mol. The first-order chi connectivity index (χ1) is 19.4. The molecule has 0 saturated heterocycles. The van der Waals surface area contributed by atoms with Crippen molar-refractivity contribution >= 4 is 11.9 Å². The summed E-state index contributed by atoms with van der Waals surface area (Å²) in [4.78, 5) is 24.5. The van der Waals surface area contributed by atoms with Crippen molar-refractivity contribution in [1.82, 2.24) is 5.32 Å². The molecule has 0 aromatic heterocycles. The van der Waals surface area contributed by atoms with Gasteiger partial charge in [0.25, 0.3) is 0 Å². The summed E-state index contributed by atoms with van der Waals surface area (Å²) in [6, 6.07) is 28.0. The Morgan fingerprint density at radius 3 is 2.48 bits per heavy atom. The Hall–Kier alpha value is -4.97. The number of aliphatic hydroxyl groups is 1. The molecule has 3 N–H and O–H groups in total. The molecule has 0 bridgehead atoms. The Morgan fingerprint density at radius 1 is 0.975 bits per heavy atom. The fourth-order valence-electron chi connectivity index (χ4n) is 4.18. The summed E-state index contributed by atoms with van der Waals surface area (Å²) in [5.74, 6) is -1.11. The van der Waals surface area contributed by atoms with Crippen LogP contribution in [-0.4, -0.2) is 34.8 Å². The number of aliphatic carboxylic acids is 1. The van der Waals surface area contributed by atoms with Crippen LogP contribution in [0.25, 0.3) is 11.1 Å². The first-order valence-electron chi connectivity index (χ1n) is 12.6. The van der Waals surface area contributed by atoms with Crippen LogP contribution < -0.4 is 14.8 Å². The standard InChI is InChI=1S/C32H28N2O6/c1-21-27(24-9-3-2-4-10-24)11-6-12-28(21)32(38)40-26-14-13-25(18-34-29(19-35)31(36)37)30(16-26)39-20-23-8-5-7-22(15-23)17-33/h2-16,29,34-35H,18-20H2,1H3,(H,36,37)/t29-/m1/s1. The third-order valence-corrected chi connectivity index (χ3v) is 6.36. The van der Waals surface area contributed by atoms with Crippen LogP contribution in [0.2, 0.25) is 0 Å². The lowest BCUT2D eigenvalue weighted by Gasteiger charge is -2.17. The van der Waals surface area contributed by atoms with E-state index in [1.54, 1.807) is 42.5 Å². The summed E-state index contributed by atoms with van der Waals surface area (Å²) in [5, 5.41) is 30.6. The first-order valence-corrected chi connectivity index (χ1v) is 12.6. The highest BCUT2D eigenvalue weighted by Gasteiger charge is 2.18. The van der Waals surface area contributed by atoms with E-state index in [2.05, 4.69) is 11.4 Å². The van der Waals surface area contributed by atoms with E-state index in [1.165, 1.54) is 0 Å². The summed E-state index contributed by atoms with van der Waals surface area (Å²) in [6.07, 6.45) is 0. The number of hydrogen-bond acceptors (Lipinski definition) is 7. The molecule has 40 heavy (non-hydrogen) atoms. The minimum Gasteiger partial charge on any atom is -0.488 e. The molecule has 0 aliphatic rings. The van der Waals surface area contributed by atoms with E-state index in [1.807, 2.05) is 55.5 Å². The number of esters is 1. The topological polar surface area (TPSA) is 129 Å². The zero-order chi connectivity index (χ0) is 28.5. The highest BCUT2D eigenvalue weighted by atomic mass is 16.5. The van der Waals surface area contributed by atoms with Gasteiger partial charge in [-0.15, -0.1) is 0 Å². The maximum absolute atomic E-state index is 13.2. The van der Waals surface area contributed by atoms with Gasteiger partial charge in [0.15, 0.2) is 0 Å². The van der Waals surface area contributed by atoms with Crippen molar-refractivity contribution < 1.29 is 29.3 Å². The van der Waals surface area contributed by atoms with E-state index in [-0.39, 0.29) is 18.9 Å². The largest absolute Gasteiger partial charge is 0.488 e. The molecule has 0 radical (unpaired) electrons. The average molecular weight is 537 g/mol. The van der Waals surface area contributed by atoms with Gasteiger partial charge in [0.1, 0.15) is 24.1 Å². The Bertz CT molecular complexity index is 1550. The van der Waals surface area contributed by atoms with Crippen LogP contribution in [0.1, 0.15) is 32.6 Å². The number of nitriles is 1. The Kier molecular flexibility index (Phi) is 9.26. The van der Waals surface area contributed by atoms with Crippen LogP contribution in [-0.2, 0) is 17.9 Å². The number of carboxylic acid groups (broad SMARTS) is 1. The second-order valence-corrected chi connectivity index (χ2v) is 9.06. The smallest absolute Gasteiger partial charge is 0.343 e. The summed E-state index contributed by atoms with van der Waals surface area (Å²) in [7, 11) is 0. The lowest BCUT2D eigenvalue weighted by Crippen LogP contribution is -2.39. The van der Waals surface area contributed by atoms with Gasteiger partial charge in [-0.05, 0) is 53.4 Å². The number of rotatable bonds is 11. The number of carbonyl (C=O) groups excluding carboxylic acids is 1. The molecule has 0 fully saturated rings. The van der Waals surface area contributed by atoms with Crippen LogP contribution >= 0.6 is 0 Å². The van der Waals surface area contributed by atoms with Crippen LogP contribution in [0.15, 0.2) is 91.0 Å². The molecular formula is C32H28N2O6. The molecule has 4 aromatic carbocycles. The number of benzene rings is 4. The summed E-state index contributed by atoms with van der Waals surface area (Å²) < 4.78 is 11.8. The summed E-state index contributed by atoms with van der Waals surface area (Å²) >= 11 is 0. The lowest BCUT2D eigenvalue weighted by molar-refractivity contribution is -0.140. The number of hydrogen-bond donors (Lipinski definition) is 3. The SMILES string of the molecule is Cc1c(C(=O)Oc2ccc(CN[C@H](CO)C(=O)O)c(OCc3cccc(C#N)c3)c2)cccc1-c1ccccc1. The molecule has 8 heteroatoms. The third-order valence-electron chi connectivity index (χ3n) is 6.36. The average Bonchev–Trinajstić information content (AvgIpc) is 2.97. The fraction of sp³-hybridized carbons (Fsp3) is 0.156. The zero-order valence-electron chi connectivity index (χ0n) is 21.8. The molecule has 0 heterocycles. The number of aliphatic hydroxyl groups excluding tert-OH is 1.